The summed E-state index contributed by atoms with van der Waals surface area (Å²) in [6, 6.07) is 0. The van der Waals surface area contributed by atoms with Crippen LogP contribution in [0.3, 0.4) is 0 Å². The van der Waals surface area contributed by atoms with E-state index >= 15 is 0 Å². The molecule has 6 nitrogen and oxygen atoms in total. The predicted molar refractivity (Wildman–Crippen MR) is 45.6 cm³/mol. The summed E-state index contributed by atoms with van der Waals surface area (Å²) in [5, 5.41) is 19.5. The number of carbonyl (C=O) groups is 2. The van der Waals surface area contributed by atoms with Crippen molar-refractivity contribution in [3.8, 4) is 0 Å². The van der Waals surface area contributed by atoms with Crippen molar-refractivity contribution in [1.82, 2.24) is 5.32 Å². The number of ether oxygens (including phenoxy) is 1. The van der Waals surface area contributed by atoms with E-state index in [4.69, 9.17) is 14.9 Å². The minimum atomic E-state index is -1.56. The highest BCUT2D eigenvalue weighted by Crippen LogP contribution is 2.11. The van der Waals surface area contributed by atoms with Crippen LogP contribution in [0.5, 0.6) is 0 Å². The van der Waals surface area contributed by atoms with E-state index < -0.39 is 18.2 Å². The fourth-order valence-electron chi connectivity index (χ4n) is 1.18. The number of amides is 1. The molecular weight excluding hydrogens is 190 g/mol. The van der Waals surface area contributed by atoms with Gasteiger partial charge in [0, 0.05) is 6.61 Å². The number of carboxylic acids is 1. The number of rotatable bonds is 4. The molecule has 0 unspecified atom stereocenters. The predicted octanol–water partition coefficient (Wildman–Crippen LogP) is -1.27. The van der Waals surface area contributed by atoms with Crippen LogP contribution in [-0.4, -0.2) is 47.4 Å². The van der Waals surface area contributed by atoms with Gasteiger partial charge in [-0.15, -0.1) is 0 Å². The first-order valence-corrected chi connectivity index (χ1v) is 4.41. The minimum absolute atomic E-state index is 0.284. The van der Waals surface area contributed by atoms with E-state index in [2.05, 4.69) is 5.32 Å². The molecule has 1 amide bonds. The lowest BCUT2D eigenvalue weighted by molar-refractivity contribution is -0.146. The third-order valence-electron chi connectivity index (χ3n) is 1.98. The van der Waals surface area contributed by atoms with Crippen LogP contribution in [0.25, 0.3) is 0 Å². The van der Waals surface area contributed by atoms with E-state index in [0.29, 0.717) is 13.0 Å². The first-order chi connectivity index (χ1) is 6.61. The summed E-state index contributed by atoms with van der Waals surface area (Å²) in [5.74, 6) is -1.71. The van der Waals surface area contributed by atoms with E-state index in [1.165, 1.54) is 0 Å². The summed E-state index contributed by atoms with van der Waals surface area (Å²) in [6.07, 6.45) is -0.564. The van der Waals surface area contributed by atoms with Crippen LogP contribution in [0.2, 0.25) is 0 Å². The molecule has 0 aromatic carbocycles. The molecule has 1 aliphatic heterocycles. The van der Waals surface area contributed by atoms with Crippen molar-refractivity contribution in [3.63, 3.8) is 0 Å². The van der Waals surface area contributed by atoms with Gasteiger partial charge in [0.05, 0.1) is 6.54 Å². The summed E-state index contributed by atoms with van der Waals surface area (Å²) >= 11 is 0. The van der Waals surface area contributed by atoms with Crippen LogP contribution in [0, 0.1) is 0 Å². The lowest BCUT2D eigenvalue weighted by Gasteiger charge is -2.11. The van der Waals surface area contributed by atoms with Crippen molar-refractivity contribution >= 4 is 11.9 Å². The molecule has 6 heteroatoms. The number of aliphatic hydroxyl groups is 1. The van der Waals surface area contributed by atoms with E-state index in [1.54, 1.807) is 0 Å². The van der Waals surface area contributed by atoms with Gasteiger partial charge in [0.25, 0.3) is 0 Å². The average Bonchev–Trinajstić information content (AvgIpc) is 2.66. The first kappa shape index (κ1) is 10.9. The van der Waals surface area contributed by atoms with E-state index in [-0.39, 0.29) is 12.5 Å². The zero-order valence-corrected chi connectivity index (χ0v) is 7.60. The highest BCUT2D eigenvalue weighted by Gasteiger charge is 2.24. The monoisotopic (exact) mass is 203 g/mol. The van der Waals surface area contributed by atoms with Crippen molar-refractivity contribution in [2.24, 2.45) is 0 Å². The maximum absolute atomic E-state index is 11.2. The number of aliphatic carboxylic acids is 1. The Morgan fingerprint density at radius 1 is 1.57 bits per heavy atom. The minimum Gasteiger partial charge on any atom is -0.479 e. The van der Waals surface area contributed by atoms with Crippen LogP contribution < -0.4 is 5.32 Å². The maximum Gasteiger partial charge on any atom is 0.334 e. The molecule has 0 aromatic heterocycles. The molecule has 3 N–H and O–H groups in total. The highest BCUT2D eigenvalue weighted by atomic mass is 16.5. The number of nitrogens with one attached hydrogen (secondary N) is 1. The second-order valence-electron chi connectivity index (χ2n) is 3.10. The van der Waals surface area contributed by atoms with Crippen molar-refractivity contribution in [3.05, 3.63) is 0 Å². The number of carbonyl (C=O) groups excluding carboxylic acids is 1. The highest BCUT2D eigenvalue weighted by molar-refractivity contribution is 5.82. The summed E-state index contributed by atoms with van der Waals surface area (Å²) in [5.41, 5.74) is 0. The molecule has 14 heavy (non-hydrogen) atoms. The van der Waals surface area contributed by atoms with Crippen LogP contribution >= 0.6 is 0 Å². The third-order valence-corrected chi connectivity index (χ3v) is 1.98. The van der Waals surface area contributed by atoms with Crippen LogP contribution in [-0.2, 0) is 14.3 Å². The standard InChI is InChI=1S/C8H13NO5/c10-5(8(12)13)4-9-7(11)6-2-1-3-14-6/h5-6,10H,1-4H2,(H,9,11)(H,12,13)/t5-,6+/m0/s1. The smallest absolute Gasteiger partial charge is 0.334 e. The molecule has 1 saturated heterocycles. The summed E-state index contributed by atoms with van der Waals surface area (Å²) < 4.78 is 5.07. The SMILES string of the molecule is O=C(O)[C@@H](O)CNC(=O)[C@H]1CCCO1. The molecule has 0 spiro atoms. The zero-order chi connectivity index (χ0) is 10.6. The Morgan fingerprint density at radius 2 is 2.29 bits per heavy atom. The van der Waals surface area contributed by atoms with E-state index in [1.807, 2.05) is 0 Å². The Kier molecular flexibility index (Phi) is 3.84. The van der Waals surface area contributed by atoms with Gasteiger partial charge in [0.2, 0.25) is 5.91 Å². The Balaban J connectivity index is 2.23. The van der Waals surface area contributed by atoms with Gasteiger partial charge in [-0.1, -0.05) is 0 Å². The molecule has 0 saturated carbocycles. The lowest BCUT2D eigenvalue weighted by Crippen LogP contribution is -2.41. The Bertz CT molecular complexity index is 224. The first-order valence-electron chi connectivity index (χ1n) is 4.41. The fourth-order valence-corrected chi connectivity index (χ4v) is 1.18. The molecule has 0 bridgehead atoms. The molecule has 0 aliphatic carbocycles. The molecular formula is C8H13NO5. The largest absolute Gasteiger partial charge is 0.479 e. The Morgan fingerprint density at radius 3 is 2.79 bits per heavy atom. The van der Waals surface area contributed by atoms with Gasteiger partial charge in [0.15, 0.2) is 6.10 Å². The van der Waals surface area contributed by atoms with Crippen LogP contribution in [0.15, 0.2) is 0 Å². The fraction of sp³-hybridized carbons (Fsp3) is 0.750. The number of hydrogen-bond acceptors (Lipinski definition) is 4. The number of carboxylic acid groups (broad SMARTS) is 1. The normalized spacial score (nSPS) is 23.1. The van der Waals surface area contributed by atoms with E-state index in [9.17, 15) is 9.59 Å². The van der Waals surface area contributed by atoms with Crippen LogP contribution in [0.4, 0.5) is 0 Å². The van der Waals surface area contributed by atoms with Crippen molar-refractivity contribution in [2.45, 2.75) is 25.0 Å². The Labute approximate surface area is 80.9 Å². The molecule has 1 aliphatic rings. The van der Waals surface area contributed by atoms with Gasteiger partial charge in [-0.25, -0.2) is 4.79 Å². The molecule has 2 atom stereocenters. The quantitative estimate of drug-likeness (QED) is 0.529. The molecule has 0 aromatic rings. The average molecular weight is 203 g/mol. The summed E-state index contributed by atoms with van der Waals surface area (Å²) in [7, 11) is 0. The van der Waals surface area contributed by atoms with Gasteiger partial charge in [-0.2, -0.15) is 0 Å². The molecule has 80 valence electrons. The Hall–Kier alpha value is -1.14. The van der Waals surface area contributed by atoms with E-state index in [0.717, 1.165) is 6.42 Å². The van der Waals surface area contributed by atoms with Crippen molar-refractivity contribution in [2.75, 3.05) is 13.2 Å². The van der Waals surface area contributed by atoms with Gasteiger partial charge >= 0.3 is 5.97 Å². The second-order valence-corrected chi connectivity index (χ2v) is 3.10. The topological polar surface area (TPSA) is 95.9 Å². The second kappa shape index (κ2) is 4.92. The summed E-state index contributed by atoms with van der Waals surface area (Å²) in [4.78, 5) is 21.4. The number of hydrogen-bond donors (Lipinski definition) is 3. The third kappa shape index (κ3) is 2.97. The lowest BCUT2D eigenvalue weighted by atomic mass is 10.2. The van der Waals surface area contributed by atoms with Gasteiger partial charge < -0.3 is 20.3 Å². The zero-order valence-electron chi connectivity index (χ0n) is 7.60. The van der Waals surface area contributed by atoms with Gasteiger partial charge in [-0.3, -0.25) is 4.79 Å². The van der Waals surface area contributed by atoms with Gasteiger partial charge in [0.1, 0.15) is 6.10 Å². The van der Waals surface area contributed by atoms with Crippen molar-refractivity contribution < 1.29 is 24.5 Å². The molecule has 0 radical (unpaired) electrons. The number of aliphatic hydroxyl groups excluding tert-OH is 1. The molecule has 1 heterocycles. The molecule has 1 rings (SSSR count). The summed E-state index contributed by atoms with van der Waals surface area (Å²) in [6.45, 7) is 0.271. The van der Waals surface area contributed by atoms with Gasteiger partial charge in [-0.05, 0) is 12.8 Å². The molecule has 1 fully saturated rings. The van der Waals surface area contributed by atoms with Crippen molar-refractivity contribution in [1.29, 1.82) is 0 Å². The maximum atomic E-state index is 11.2. The van der Waals surface area contributed by atoms with Crippen LogP contribution in [0.1, 0.15) is 12.8 Å².